The van der Waals surface area contributed by atoms with Gasteiger partial charge in [0.1, 0.15) is 5.92 Å². The van der Waals surface area contributed by atoms with Crippen molar-refractivity contribution in [2.24, 2.45) is 5.92 Å². The van der Waals surface area contributed by atoms with E-state index < -0.39 is 24.0 Å². The Hall–Kier alpha value is -2.86. The van der Waals surface area contributed by atoms with Crippen molar-refractivity contribution >= 4 is 46.4 Å². The molecule has 0 spiro atoms. The zero-order valence-electron chi connectivity index (χ0n) is 15.6. The normalized spacial score (nSPS) is 23.2. The SMILES string of the molecule is O=C1[C@H]2[C@@H](c3ccc(Cl)cc3)N(c3ccccc3)O[C@H]2C(=O)N1c1ccccc1Cl. The smallest absolute Gasteiger partial charge is 0.266 e. The number of anilines is 2. The van der Waals surface area contributed by atoms with Gasteiger partial charge < -0.3 is 0 Å². The van der Waals surface area contributed by atoms with Crippen LogP contribution in [0.4, 0.5) is 11.4 Å². The molecule has 2 amide bonds. The molecule has 3 aromatic carbocycles. The average molecular weight is 439 g/mol. The second kappa shape index (κ2) is 7.43. The summed E-state index contributed by atoms with van der Waals surface area (Å²) in [5.41, 5.74) is 1.96. The summed E-state index contributed by atoms with van der Waals surface area (Å²) < 4.78 is 0. The molecule has 2 fully saturated rings. The highest BCUT2D eigenvalue weighted by atomic mass is 35.5. The molecule has 5 rings (SSSR count). The summed E-state index contributed by atoms with van der Waals surface area (Å²) in [4.78, 5) is 34.0. The van der Waals surface area contributed by atoms with Gasteiger partial charge in [-0.3, -0.25) is 14.4 Å². The number of carbonyl (C=O) groups excluding carboxylic acids is 2. The van der Waals surface area contributed by atoms with Gasteiger partial charge in [0, 0.05) is 5.02 Å². The maximum atomic E-state index is 13.5. The molecule has 0 aliphatic carbocycles. The van der Waals surface area contributed by atoms with Gasteiger partial charge in [-0.25, -0.2) is 9.96 Å². The minimum atomic E-state index is -0.936. The Labute approximate surface area is 183 Å². The second-order valence-electron chi connectivity index (χ2n) is 7.17. The van der Waals surface area contributed by atoms with E-state index in [2.05, 4.69) is 0 Å². The molecule has 2 saturated heterocycles. The quantitative estimate of drug-likeness (QED) is 0.537. The van der Waals surface area contributed by atoms with Crippen molar-refractivity contribution in [2.75, 3.05) is 9.96 Å². The van der Waals surface area contributed by atoms with Gasteiger partial charge in [-0.1, -0.05) is 65.7 Å². The molecule has 2 aliphatic rings. The third-order valence-corrected chi connectivity index (χ3v) is 6.00. The monoisotopic (exact) mass is 438 g/mol. The fraction of sp³-hybridized carbons (Fsp3) is 0.130. The van der Waals surface area contributed by atoms with E-state index in [9.17, 15) is 9.59 Å². The summed E-state index contributed by atoms with van der Waals surface area (Å²) in [5.74, 6) is -1.47. The molecule has 150 valence electrons. The van der Waals surface area contributed by atoms with Gasteiger partial charge >= 0.3 is 0 Å². The van der Waals surface area contributed by atoms with Crippen molar-refractivity contribution < 1.29 is 14.4 Å². The van der Waals surface area contributed by atoms with E-state index in [0.717, 1.165) is 16.2 Å². The summed E-state index contributed by atoms with van der Waals surface area (Å²) in [7, 11) is 0. The van der Waals surface area contributed by atoms with Crippen molar-refractivity contribution in [1.82, 2.24) is 0 Å². The first-order valence-corrected chi connectivity index (χ1v) is 10.2. The molecule has 3 atom stereocenters. The molecule has 0 radical (unpaired) electrons. The number of amides is 2. The zero-order valence-corrected chi connectivity index (χ0v) is 17.1. The summed E-state index contributed by atoms with van der Waals surface area (Å²) in [6.45, 7) is 0. The van der Waals surface area contributed by atoms with E-state index in [1.807, 2.05) is 42.5 Å². The Morgan fingerprint density at radius 2 is 1.43 bits per heavy atom. The number of nitrogens with zero attached hydrogens (tertiary/aromatic N) is 2. The van der Waals surface area contributed by atoms with Gasteiger partial charge in [0.05, 0.1) is 22.4 Å². The van der Waals surface area contributed by atoms with Crippen LogP contribution < -0.4 is 9.96 Å². The van der Waals surface area contributed by atoms with Crippen LogP contribution in [-0.2, 0) is 14.4 Å². The number of carbonyl (C=O) groups is 2. The van der Waals surface area contributed by atoms with Crippen LogP contribution in [0.3, 0.4) is 0 Å². The standard InChI is InChI=1S/C23H16Cl2N2O3/c24-15-12-10-14(11-13-15)20-19-21(30-27(20)16-6-2-1-3-7-16)23(29)26(22(19)28)18-9-5-4-8-17(18)25/h1-13,19-21H/t19-,20+,21+/m0/s1. The van der Waals surface area contributed by atoms with Crippen LogP contribution in [0.5, 0.6) is 0 Å². The van der Waals surface area contributed by atoms with Crippen LogP contribution in [0.1, 0.15) is 11.6 Å². The van der Waals surface area contributed by atoms with Crippen molar-refractivity contribution in [1.29, 1.82) is 0 Å². The van der Waals surface area contributed by atoms with Crippen LogP contribution in [0.25, 0.3) is 0 Å². The first-order chi connectivity index (χ1) is 14.6. The number of benzene rings is 3. The van der Waals surface area contributed by atoms with Crippen LogP contribution >= 0.6 is 23.2 Å². The lowest BCUT2D eigenvalue weighted by atomic mass is 9.90. The molecule has 0 unspecified atom stereocenters. The lowest BCUT2D eigenvalue weighted by molar-refractivity contribution is -0.126. The number of imide groups is 1. The molecule has 0 saturated carbocycles. The van der Waals surface area contributed by atoms with Gasteiger partial charge in [-0.05, 0) is 42.0 Å². The predicted molar refractivity (Wildman–Crippen MR) is 115 cm³/mol. The molecule has 3 aromatic rings. The van der Waals surface area contributed by atoms with Crippen LogP contribution in [0, 0.1) is 5.92 Å². The van der Waals surface area contributed by atoms with Crippen molar-refractivity contribution in [2.45, 2.75) is 12.1 Å². The molecule has 2 heterocycles. The fourth-order valence-corrected chi connectivity index (χ4v) is 4.43. The Kier molecular flexibility index (Phi) is 4.74. The minimum absolute atomic E-state index is 0.335. The number of para-hydroxylation sites is 2. The lowest BCUT2D eigenvalue weighted by Gasteiger charge is -2.29. The highest BCUT2D eigenvalue weighted by Gasteiger charge is 2.60. The zero-order chi connectivity index (χ0) is 20.8. The van der Waals surface area contributed by atoms with Gasteiger partial charge in [-0.15, -0.1) is 0 Å². The third-order valence-electron chi connectivity index (χ3n) is 5.43. The molecule has 2 aliphatic heterocycles. The highest BCUT2D eigenvalue weighted by Crippen LogP contribution is 2.48. The van der Waals surface area contributed by atoms with E-state index >= 15 is 0 Å². The van der Waals surface area contributed by atoms with Gasteiger partial charge in [-0.2, -0.15) is 0 Å². The predicted octanol–water partition coefficient (Wildman–Crippen LogP) is 5.04. The summed E-state index contributed by atoms with van der Waals surface area (Å²) in [5, 5.41) is 2.58. The third kappa shape index (κ3) is 2.98. The molecule has 0 aromatic heterocycles. The first kappa shape index (κ1) is 19.1. The molecular formula is C23H16Cl2N2O3. The molecule has 5 nitrogen and oxygen atoms in total. The molecule has 7 heteroatoms. The molecule has 30 heavy (non-hydrogen) atoms. The van der Waals surface area contributed by atoms with Crippen LogP contribution in [-0.4, -0.2) is 17.9 Å². The van der Waals surface area contributed by atoms with Gasteiger partial charge in [0.2, 0.25) is 5.91 Å². The minimum Gasteiger partial charge on any atom is -0.273 e. The van der Waals surface area contributed by atoms with Gasteiger partial charge in [0.15, 0.2) is 6.10 Å². The highest BCUT2D eigenvalue weighted by molar-refractivity contribution is 6.36. The number of halogens is 2. The Morgan fingerprint density at radius 1 is 0.767 bits per heavy atom. The van der Waals surface area contributed by atoms with Crippen LogP contribution in [0.2, 0.25) is 10.0 Å². The largest absolute Gasteiger partial charge is 0.273 e. The Balaban J connectivity index is 1.60. The number of fused-ring (bicyclic) bond motifs is 1. The van der Waals surface area contributed by atoms with Crippen molar-refractivity contribution in [3.63, 3.8) is 0 Å². The maximum absolute atomic E-state index is 13.5. The number of hydrogen-bond donors (Lipinski definition) is 0. The Morgan fingerprint density at radius 3 is 2.13 bits per heavy atom. The lowest BCUT2D eigenvalue weighted by Crippen LogP contribution is -2.37. The van der Waals surface area contributed by atoms with E-state index in [1.165, 1.54) is 0 Å². The summed E-state index contributed by atoms with van der Waals surface area (Å²) in [6, 6.07) is 23.0. The number of rotatable bonds is 3. The van der Waals surface area contributed by atoms with E-state index in [4.69, 9.17) is 28.0 Å². The topological polar surface area (TPSA) is 49.9 Å². The van der Waals surface area contributed by atoms with E-state index in [0.29, 0.717) is 15.7 Å². The number of hydrogen-bond acceptors (Lipinski definition) is 4. The maximum Gasteiger partial charge on any atom is 0.266 e. The number of hydroxylamine groups is 1. The summed E-state index contributed by atoms with van der Waals surface area (Å²) in [6.07, 6.45) is -0.936. The first-order valence-electron chi connectivity index (χ1n) is 9.45. The van der Waals surface area contributed by atoms with Gasteiger partial charge in [0.25, 0.3) is 5.91 Å². The van der Waals surface area contributed by atoms with Crippen LogP contribution in [0.15, 0.2) is 78.9 Å². The van der Waals surface area contributed by atoms with E-state index in [1.54, 1.807) is 41.5 Å². The van der Waals surface area contributed by atoms with Crippen molar-refractivity contribution in [3.05, 3.63) is 94.5 Å². The fourth-order valence-electron chi connectivity index (χ4n) is 4.08. The van der Waals surface area contributed by atoms with Crippen molar-refractivity contribution in [3.8, 4) is 0 Å². The Bertz CT molecular complexity index is 1120. The average Bonchev–Trinajstić information content (AvgIpc) is 3.26. The second-order valence-corrected chi connectivity index (χ2v) is 8.02. The molecular weight excluding hydrogens is 423 g/mol. The molecule has 0 bridgehead atoms. The van der Waals surface area contributed by atoms with E-state index in [-0.39, 0.29) is 5.91 Å². The molecule has 0 N–H and O–H groups in total. The summed E-state index contributed by atoms with van der Waals surface area (Å²) >= 11 is 12.3.